The number of anilines is 1. The summed E-state index contributed by atoms with van der Waals surface area (Å²) in [4.78, 5) is 13.7. The highest BCUT2D eigenvalue weighted by Crippen LogP contribution is 2.32. The lowest BCUT2D eigenvalue weighted by atomic mass is 9.86. The molecule has 0 radical (unpaired) electrons. The molecule has 0 spiro atoms. The van der Waals surface area contributed by atoms with Crippen molar-refractivity contribution in [2.24, 2.45) is 5.92 Å². The van der Waals surface area contributed by atoms with Crippen LogP contribution >= 0.6 is 11.3 Å². The van der Waals surface area contributed by atoms with E-state index >= 15 is 0 Å². The summed E-state index contributed by atoms with van der Waals surface area (Å²) >= 11 is 1.31. The van der Waals surface area contributed by atoms with Gasteiger partial charge in [-0.25, -0.2) is 0 Å². The Morgan fingerprint density at radius 2 is 2.25 bits per heavy atom. The molecule has 0 aliphatic heterocycles. The van der Waals surface area contributed by atoms with E-state index in [1.54, 1.807) is 12.3 Å². The second-order valence-corrected chi connectivity index (χ2v) is 6.44. The molecule has 1 fully saturated rings. The predicted molar refractivity (Wildman–Crippen MR) is 80.7 cm³/mol. The number of hydrogen-bond acceptors (Lipinski definition) is 5. The van der Waals surface area contributed by atoms with Gasteiger partial charge in [-0.15, -0.1) is 16.4 Å². The lowest BCUT2D eigenvalue weighted by Crippen LogP contribution is -2.40. The number of nitrogens with one attached hydrogen (secondary N) is 1. The molecule has 0 bridgehead atoms. The van der Waals surface area contributed by atoms with E-state index in [1.807, 2.05) is 0 Å². The van der Waals surface area contributed by atoms with E-state index in [9.17, 15) is 4.79 Å². The molecule has 1 aliphatic carbocycles. The lowest BCUT2D eigenvalue weighted by molar-refractivity contribution is 0.0915. The quantitative estimate of drug-likeness (QED) is 0.890. The third kappa shape index (κ3) is 2.35. The molecule has 2 aromatic rings. The first-order valence-electron chi connectivity index (χ1n) is 6.97. The minimum Gasteiger partial charge on any atom is -0.397 e. The monoisotopic (exact) mass is 290 g/mol. The summed E-state index contributed by atoms with van der Waals surface area (Å²) in [5, 5.41) is 11.8. The van der Waals surface area contributed by atoms with Crippen molar-refractivity contribution in [3.05, 3.63) is 17.1 Å². The fraction of sp³-hybridized carbons (Fsp3) is 0.500. The van der Waals surface area contributed by atoms with Crippen LogP contribution in [0.25, 0.3) is 10.2 Å². The molecule has 1 aliphatic rings. The molecule has 3 N–H and O–H groups in total. The van der Waals surface area contributed by atoms with Crippen LogP contribution in [-0.4, -0.2) is 22.1 Å². The number of amides is 1. The van der Waals surface area contributed by atoms with Crippen LogP contribution < -0.4 is 11.1 Å². The maximum atomic E-state index is 12.4. The van der Waals surface area contributed by atoms with E-state index in [-0.39, 0.29) is 11.9 Å². The van der Waals surface area contributed by atoms with Crippen molar-refractivity contribution in [1.82, 2.24) is 15.5 Å². The molecule has 5 nitrogen and oxygen atoms in total. The number of nitrogens with zero attached hydrogens (tertiary/aromatic N) is 2. The number of aromatic nitrogens is 2. The fourth-order valence-corrected chi connectivity index (χ4v) is 3.75. The van der Waals surface area contributed by atoms with E-state index in [0.29, 0.717) is 21.3 Å². The van der Waals surface area contributed by atoms with Crippen LogP contribution in [0, 0.1) is 5.92 Å². The Bertz CT molecular complexity index is 639. The van der Waals surface area contributed by atoms with Crippen LogP contribution in [0.2, 0.25) is 0 Å². The van der Waals surface area contributed by atoms with Gasteiger partial charge in [0.1, 0.15) is 9.71 Å². The molecule has 0 aromatic carbocycles. The Morgan fingerprint density at radius 3 is 3.00 bits per heavy atom. The maximum Gasteiger partial charge on any atom is 0.263 e. The second-order valence-electron chi connectivity index (χ2n) is 5.44. The van der Waals surface area contributed by atoms with Crippen LogP contribution in [-0.2, 0) is 0 Å². The third-order valence-electron chi connectivity index (χ3n) is 4.05. The molecule has 106 valence electrons. The largest absolute Gasteiger partial charge is 0.397 e. The van der Waals surface area contributed by atoms with Gasteiger partial charge < -0.3 is 11.1 Å². The summed E-state index contributed by atoms with van der Waals surface area (Å²) in [6.45, 7) is 2.20. The summed E-state index contributed by atoms with van der Waals surface area (Å²) in [7, 11) is 0. The van der Waals surface area contributed by atoms with Crippen molar-refractivity contribution in [3.8, 4) is 0 Å². The third-order valence-corrected chi connectivity index (χ3v) is 5.16. The molecule has 2 atom stereocenters. The number of hydrogen-bond donors (Lipinski definition) is 2. The second kappa shape index (κ2) is 5.36. The van der Waals surface area contributed by atoms with E-state index in [0.717, 1.165) is 11.8 Å². The van der Waals surface area contributed by atoms with Crippen molar-refractivity contribution in [2.75, 3.05) is 5.73 Å². The molecule has 1 amide bonds. The van der Waals surface area contributed by atoms with Crippen LogP contribution in [0.15, 0.2) is 12.3 Å². The first-order valence-corrected chi connectivity index (χ1v) is 7.79. The average molecular weight is 290 g/mol. The number of nitrogen functional groups attached to an aromatic ring is 1. The van der Waals surface area contributed by atoms with Gasteiger partial charge in [-0.3, -0.25) is 4.79 Å². The average Bonchev–Trinajstić information content (AvgIpc) is 2.79. The fourth-order valence-electron chi connectivity index (χ4n) is 2.81. The van der Waals surface area contributed by atoms with E-state index in [2.05, 4.69) is 22.4 Å². The zero-order valence-corrected chi connectivity index (χ0v) is 12.2. The van der Waals surface area contributed by atoms with Gasteiger partial charge in [-0.1, -0.05) is 19.8 Å². The van der Waals surface area contributed by atoms with Gasteiger partial charge in [0.2, 0.25) is 0 Å². The molecule has 2 unspecified atom stereocenters. The molecule has 2 aromatic heterocycles. The molecule has 20 heavy (non-hydrogen) atoms. The van der Waals surface area contributed by atoms with Crippen LogP contribution in [0.5, 0.6) is 0 Å². The van der Waals surface area contributed by atoms with E-state index < -0.39 is 0 Å². The number of carbonyl (C=O) groups is 1. The zero-order chi connectivity index (χ0) is 14.1. The minimum atomic E-state index is -0.0794. The summed E-state index contributed by atoms with van der Waals surface area (Å²) in [5.74, 6) is 0.451. The smallest absolute Gasteiger partial charge is 0.263 e. The van der Waals surface area contributed by atoms with Gasteiger partial charge >= 0.3 is 0 Å². The summed E-state index contributed by atoms with van der Waals surface area (Å²) < 4.78 is 0. The van der Waals surface area contributed by atoms with Crippen molar-refractivity contribution in [1.29, 1.82) is 0 Å². The normalized spacial score (nSPS) is 22.9. The Labute approximate surface area is 121 Å². The van der Waals surface area contributed by atoms with Crippen molar-refractivity contribution < 1.29 is 4.79 Å². The van der Waals surface area contributed by atoms with Crippen LogP contribution in [0.4, 0.5) is 5.69 Å². The molecular weight excluding hydrogens is 272 g/mol. The number of nitrogens with two attached hydrogens (primary N) is 1. The summed E-state index contributed by atoms with van der Waals surface area (Å²) in [6, 6.07) is 2.06. The first-order chi connectivity index (χ1) is 9.66. The molecule has 1 saturated carbocycles. The van der Waals surface area contributed by atoms with Gasteiger partial charge in [-0.2, -0.15) is 5.10 Å². The SMILES string of the molecule is CC1CCCCC1NC(=O)c1sc2nnccc2c1N. The molecular formula is C14H18N4OS. The van der Waals surface area contributed by atoms with Crippen molar-refractivity contribution in [3.63, 3.8) is 0 Å². The highest BCUT2D eigenvalue weighted by Gasteiger charge is 2.25. The van der Waals surface area contributed by atoms with Crippen molar-refractivity contribution >= 4 is 33.1 Å². The number of carbonyl (C=O) groups excluding carboxylic acids is 1. The Kier molecular flexibility index (Phi) is 3.56. The summed E-state index contributed by atoms with van der Waals surface area (Å²) in [5.41, 5.74) is 6.58. The molecule has 6 heteroatoms. The lowest BCUT2D eigenvalue weighted by Gasteiger charge is -2.29. The minimum absolute atomic E-state index is 0.0794. The Morgan fingerprint density at radius 1 is 1.45 bits per heavy atom. The maximum absolute atomic E-state index is 12.4. The topological polar surface area (TPSA) is 80.9 Å². The highest BCUT2D eigenvalue weighted by molar-refractivity contribution is 7.21. The van der Waals surface area contributed by atoms with Crippen molar-refractivity contribution in [2.45, 2.75) is 38.6 Å². The zero-order valence-electron chi connectivity index (χ0n) is 11.4. The van der Waals surface area contributed by atoms with E-state index in [4.69, 9.17) is 5.73 Å². The highest BCUT2D eigenvalue weighted by atomic mass is 32.1. The van der Waals surface area contributed by atoms with E-state index in [1.165, 1.54) is 30.6 Å². The van der Waals surface area contributed by atoms with Gasteiger partial charge in [0.15, 0.2) is 0 Å². The Balaban J connectivity index is 1.83. The van der Waals surface area contributed by atoms with Gasteiger partial charge in [0, 0.05) is 11.4 Å². The van der Waals surface area contributed by atoms with Crippen LogP contribution in [0.3, 0.4) is 0 Å². The number of rotatable bonds is 2. The van der Waals surface area contributed by atoms with Gasteiger partial charge in [-0.05, 0) is 24.8 Å². The molecule has 3 rings (SSSR count). The van der Waals surface area contributed by atoms with Gasteiger partial charge in [0.05, 0.1) is 11.9 Å². The predicted octanol–water partition coefficient (Wildman–Crippen LogP) is 2.58. The number of fused-ring (bicyclic) bond motifs is 1. The number of thiophene rings is 1. The Hall–Kier alpha value is -1.69. The summed E-state index contributed by atoms with van der Waals surface area (Å²) in [6.07, 6.45) is 6.27. The molecule has 0 saturated heterocycles. The standard InChI is InChI=1S/C14H18N4OS/c1-8-4-2-3-5-10(8)17-13(19)12-11(15)9-6-7-16-18-14(9)20-12/h6-8,10H,2-5,15H2,1H3,(H,17,19). The first kappa shape index (κ1) is 13.3. The van der Waals surface area contributed by atoms with Crippen LogP contribution in [0.1, 0.15) is 42.3 Å². The molecule has 2 heterocycles. The van der Waals surface area contributed by atoms with Gasteiger partial charge in [0.25, 0.3) is 5.91 Å².